The summed E-state index contributed by atoms with van der Waals surface area (Å²) in [5.74, 6) is 0. The van der Waals surface area contributed by atoms with E-state index in [1.165, 1.54) is 0 Å². The van der Waals surface area contributed by atoms with Gasteiger partial charge in [-0.1, -0.05) is 66.7 Å². The molecule has 1 N–H and O–H groups in total. The lowest BCUT2D eigenvalue weighted by molar-refractivity contribution is 1.47. The third-order valence-corrected chi connectivity index (χ3v) is 3.11. The minimum absolute atomic E-state index is 0.181. The number of allylic oxidation sites excluding steroid dienone is 4. The molecule has 0 spiro atoms. The van der Waals surface area contributed by atoms with Gasteiger partial charge < -0.3 is 5.41 Å². The fourth-order valence-corrected chi connectivity index (χ4v) is 2.01. The largest absolute Gasteiger partial charge is 0.308 e. The Kier molecular flexibility index (Phi) is 3.46. The summed E-state index contributed by atoms with van der Waals surface area (Å²) < 4.78 is 23.6. The van der Waals surface area contributed by atoms with E-state index in [9.17, 15) is 0 Å². The SMILES string of the molecule is [2H]C([2H])([2H])C(/C=C(\C)c1ccccc1)=C(/C=N)c1ccccc1. The zero-order valence-electron chi connectivity index (χ0n) is 14.4. The highest BCUT2D eigenvalue weighted by Crippen LogP contribution is 2.21. The van der Waals surface area contributed by atoms with Crippen LogP contribution in [0.3, 0.4) is 0 Å². The van der Waals surface area contributed by atoms with Crippen LogP contribution >= 0.6 is 0 Å². The second kappa shape index (κ2) is 6.67. The summed E-state index contributed by atoms with van der Waals surface area (Å²) in [6.45, 7) is -0.410. The topological polar surface area (TPSA) is 23.9 Å². The first kappa shape index (κ1) is 10.4. The van der Waals surface area contributed by atoms with E-state index in [-0.39, 0.29) is 5.57 Å². The van der Waals surface area contributed by atoms with Crippen LogP contribution in [-0.4, -0.2) is 6.21 Å². The number of hydrogen-bond donors (Lipinski definition) is 1. The highest BCUT2D eigenvalue weighted by molar-refractivity contribution is 6.10. The molecule has 2 rings (SSSR count). The van der Waals surface area contributed by atoms with Crippen molar-refractivity contribution in [2.75, 3.05) is 0 Å². The van der Waals surface area contributed by atoms with Gasteiger partial charge in [0.05, 0.1) is 0 Å². The molecule has 2 aromatic rings. The van der Waals surface area contributed by atoms with Gasteiger partial charge >= 0.3 is 0 Å². The third-order valence-electron chi connectivity index (χ3n) is 3.11. The van der Waals surface area contributed by atoms with E-state index >= 15 is 0 Å². The average Bonchev–Trinajstić information content (AvgIpc) is 2.55. The lowest BCUT2D eigenvalue weighted by atomic mass is 9.98. The van der Waals surface area contributed by atoms with Crippen LogP contribution in [0, 0.1) is 5.41 Å². The molecule has 100 valence electrons. The van der Waals surface area contributed by atoms with Gasteiger partial charge in [-0.15, -0.1) is 0 Å². The summed E-state index contributed by atoms with van der Waals surface area (Å²) in [5, 5.41) is 7.69. The Balaban J connectivity index is 2.62. The molecule has 0 aliphatic rings. The van der Waals surface area contributed by atoms with Crippen molar-refractivity contribution >= 4 is 17.4 Å². The van der Waals surface area contributed by atoms with Gasteiger partial charge in [-0.25, -0.2) is 0 Å². The summed E-state index contributed by atoms with van der Waals surface area (Å²) in [4.78, 5) is 0. The molecular weight excluding hydrogens is 242 g/mol. The Labute approximate surface area is 125 Å². The average molecular weight is 264 g/mol. The van der Waals surface area contributed by atoms with Crippen molar-refractivity contribution in [1.82, 2.24) is 0 Å². The van der Waals surface area contributed by atoms with Gasteiger partial charge in [-0.05, 0) is 36.0 Å². The maximum atomic E-state index is 7.86. The molecule has 0 heterocycles. The molecule has 2 aromatic carbocycles. The molecule has 1 nitrogen and oxygen atoms in total. The van der Waals surface area contributed by atoms with E-state index in [4.69, 9.17) is 9.52 Å². The molecular formula is C19H19N. The van der Waals surface area contributed by atoms with Crippen LogP contribution in [0.4, 0.5) is 0 Å². The summed E-state index contributed by atoms with van der Waals surface area (Å²) in [6.07, 6.45) is 2.78. The van der Waals surface area contributed by atoms with Gasteiger partial charge in [0.1, 0.15) is 0 Å². The maximum Gasteiger partial charge on any atom is 0.0280 e. The molecule has 0 saturated heterocycles. The molecule has 0 bridgehead atoms. The molecule has 20 heavy (non-hydrogen) atoms. The van der Waals surface area contributed by atoms with Gasteiger partial charge in [-0.2, -0.15) is 0 Å². The van der Waals surface area contributed by atoms with Crippen molar-refractivity contribution in [3.63, 3.8) is 0 Å². The molecule has 1 heteroatoms. The van der Waals surface area contributed by atoms with Crippen molar-refractivity contribution in [2.24, 2.45) is 0 Å². The molecule has 0 aliphatic heterocycles. The summed E-state index contributed by atoms with van der Waals surface area (Å²) >= 11 is 0. The van der Waals surface area contributed by atoms with E-state index in [1.807, 2.05) is 67.6 Å². The van der Waals surface area contributed by atoms with Crippen LogP contribution in [0.1, 0.15) is 29.0 Å². The third kappa shape index (κ3) is 3.33. The van der Waals surface area contributed by atoms with Crippen LogP contribution in [0.5, 0.6) is 0 Å². The van der Waals surface area contributed by atoms with Crippen molar-refractivity contribution in [2.45, 2.75) is 13.8 Å². The van der Waals surface area contributed by atoms with E-state index in [0.717, 1.165) is 22.9 Å². The van der Waals surface area contributed by atoms with Gasteiger partial charge in [0.2, 0.25) is 0 Å². The summed E-state index contributed by atoms with van der Waals surface area (Å²) in [6, 6.07) is 18.8. The summed E-state index contributed by atoms with van der Waals surface area (Å²) in [5.41, 5.74) is 3.14. The standard InChI is InChI=1S/C19H19N/c1-15(17-9-5-3-6-10-17)13-16(2)19(14-20)18-11-7-4-8-12-18/h3-14,20H,1-2H3/b15-13+,19-16+,20-14?/i2D3. The minimum atomic E-state index is -2.29. The summed E-state index contributed by atoms with van der Waals surface area (Å²) in [7, 11) is 0. The lowest BCUT2D eigenvalue weighted by Gasteiger charge is -2.07. The number of nitrogens with one attached hydrogen (secondary N) is 1. The number of hydrogen-bond acceptors (Lipinski definition) is 1. The zero-order valence-corrected chi connectivity index (χ0v) is 11.4. The molecule has 0 amide bonds. The Bertz CT molecular complexity index is 726. The van der Waals surface area contributed by atoms with Crippen LogP contribution in [0.2, 0.25) is 0 Å². The van der Waals surface area contributed by atoms with Crippen LogP contribution < -0.4 is 0 Å². The number of benzene rings is 2. The molecule has 0 aromatic heterocycles. The van der Waals surface area contributed by atoms with Gasteiger partial charge in [0.15, 0.2) is 0 Å². The Morgan fingerprint density at radius 3 is 2.00 bits per heavy atom. The van der Waals surface area contributed by atoms with Gasteiger partial charge in [-0.3, -0.25) is 0 Å². The second-order valence-electron chi connectivity index (χ2n) is 4.53. The monoisotopic (exact) mass is 264 g/mol. The predicted octanol–water partition coefficient (Wildman–Crippen LogP) is 5.21. The molecule has 0 fully saturated rings. The van der Waals surface area contributed by atoms with Gasteiger partial charge in [0, 0.05) is 15.9 Å². The molecule has 0 radical (unpaired) electrons. The minimum Gasteiger partial charge on any atom is -0.308 e. The Hall–Kier alpha value is -2.41. The van der Waals surface area contributed by atoms with Crippen molar-refractivity contribution in [3.05, 3.63) is 83.4 Å². The van der Waals surface area contributed by atoms with Crippen LogP contribution in [0.25, 0.3) is 11.1 Å². The molecule has 0 saturated carbocycles. The van der Waals surface area contributed by atoms with Crippen LogP contribution in [-0.2, 0) is 0 Å². The molecule has 0 unspecified atom stereocenters. The van der Waals surface area contributed by atoms with Crippen molar-refractivity contribution < 1.29 is 4.11 Å². The van der Waals surface area contributed by atoms with Gasteiger partial charge in [0.25, 0.3) is 0 Å². The quantitative estimate of drug-likeness (QED) is 0.579. The first-order valence-electron chi connectivity index (χ1n) is 7.98. The fourth-order valence-electron chi connectivity index (χ4n) is 2.01. The first-order valence-corrected chi connectivity index (χ1v) is 6.48. The first-order chi connectivity index (χ1) is 10.9. The van der Waals surface area contributed by atoms with E-state index in [0.29, 0.717) is 5.57 Å². The van der Waals surface area contributed by atoms with Crippen molar-refractivity contribution in [1.29, 1.82) is 5.41 Å². The fraction of sp³-hybridized carbons (Fsp3) is 0.105. The zero-order chi connectivity index (χ0) is 16.9. The molecule has 0 atom stereocenters. The maximum absolute atomic E-state index is 7.86. The van der Waals surface area contributed by atoms with E-state index in [2.05, 4.69) is 0 Å². The smallest absolute Gasteiger partial charge is 0.0280 e. The van der Waals surface area contributed by atoms with Crippen LogP contribution in [0.15, 0.2) is 72.3 Å². The Morgan fingerprint density at radius 1 is 0.950 bits per heavy atom. The highest BCUT2D eigenvalue weighted by atomic mass is 14.3. The van der Waals surface area contributed by atoms with Crippen molar-refractivity contribution in [3.8, 4) is 0 Å². The highest BCUT2D eigenvalue weighted by Gasteiger charge is 2.02. The normalized spacial score (nSPS) is 15.7. The lowest BCUT2D eigenvalue weighted by Crippen LogP contribution is -1.89. The van der Waals surface area contributed by atoms with E-state index in [1.54, 1.807) is 6.08 Å². The molecule has 0 aliphatic carbocycles. The van der Waals surface area contributed by atoms with E-state index < -0.39 is 6.85 Å². The Morgan fingerprint density at radius 2 is 1.50 bits per heavy atom. The number of rotatable bonds is 4. The predicted molar refractivity (Wildman–Crippen MR) is 87.9 cm³/mol. The second-order valence-corrected chi connectivity index (χ2v) is 4.53.